The first-order chi connectivity index (χ1) is 14.1. The number of benzene rings is 2. The summed E-state index contributed by atoms with van der Waals surface area (Å²) in [6, 6.07) is 14.7. The number of ether oxygens (including phenoxy) is 1. The number of nitrogens with zero attached hydrogens (tertiary/aromatic N) is 1. The van der Waals surface area contributed by atoms with Crippen molar-refractivity contribution in [3.63, 3.8) is 0 Å². The highest BCUT2D eigenvalue weighted by Gasteiger charge is 2.35. The molecule has 7 heteroatoms. The quantitative estimate of drug-likeness (QED) is 0.553. The summed E-state index contributed by atoms with van der Waals surface area (Å²) >= 11 is 4.74. The lowest BCUT2D eigenvalue weighted by Gasteiger charge is -2.38. The molecule has 1 aliphatic rings. The van der Waals surface area contributed by atoms with E-state index in [1.165, 1.54) is 29.2 Å². The summed E-state index contributed by atoms with van der Waals surface area (Å²) in [4.78, 5) is 17.5. The summed E-state index contributed by atoms with van der Waals surface area (Å²) in [6.45, 7) is 1.85. The van der Waals surface area contributed by atoms with Crippen molar-refractivity contribution in [2.45, 2.75) is 18.3 Å². The predicted octanol–water partition coefficient (Wildman–Crippen LogP) is 5.19. The highest BCUT2D eigenvalue weighted by Crippen LogP contribution is 2.36. The SMILES string of the molecule is O=C(NCC1(c2cccc(Br)c2)CCOCC1)c1cnc(-c2ccccc2F)s1. The summed E-state index contributed by atoms with van der Waals surface area (Å²) in [5.41, 5.74) is 1.43. The topological polar surface area (TPSA) is 51.2 Å². The van der Waals surface area contributed by atoms with Crippen LogP contribution in [0, 0.1) is 5.82 Å². The van der Waals surface area contributed by atoms with Crippen LogP contribution in [-0.2, 0) is 10.2 Å². The van der Waals surface area contributed by atoms with Gasteiger partial charge in [0.05, 0.1) is 6.20 Å². The van der Waals surface area contributed by atoms with Gasteiger partial charge in [0.25, 0.3) is 5.91 Å². The maximum absolute atomic E-state index is 14.0. The molecule has 4 rings (SSSR count). The molecule has 4 nitrogen and oxygen atoms in total. The van der Waals surface area contributed by atoms with Crippen LogP contribution in [0.25, 0.3) is 10.6 Å². The van der Waals surface area contributed by atoms with Gasteiger partial charge in [-0.3, -0.25) is 4.79 Å². The van der Waals surface area contributed by atoms with E-state index in [1.54, 1.807) is 18.2 Å². The molecule has 1 saturated heterocycles. The van der Waals surface area contributed by atoms with Gasteiger partial charge >= 0.3 is 0 Å². The van der Waals surface area contributed by atoms with Crippen molar-refractivity contribution in [1.82, 2.24) is 10.3 Å². The Hall–Kier alpha value is -2.09. The zero-order valence-electron chi connectivity index (χ0n) is 15.7. The van der Waals surface area contributed by atoms with Gasteiger partial charge in [-0.15, -0.1) is 11.3 Å². The highest BCUT2D eigenvalue weighted by atomic mass is 79.9. The fraction of sp³-hybridized carbons (Fsp3) is 0.273. The van der Waals surface area contributed by atoms with Gasteiger partial charge < -0.3 is 10.1 Å². The van der Waals surface area contributed by atoms with E-state index in [1.807, 2.05) is 12.1 Å². The van der Waals surface area contributed by atoms with Gasteiger partial charge in [0, 0.05) is 35.2 Å². The number of carbonyl (C=O) groups is 1. The Kier molecular flexibility index (Phi) is 6.08. The molecule has 0 saturated carbocycles. The summed E-state index contributed by atoms with van der Waals surface area (Å²) in [5.74, 6) is -0.532. The molecule has 1 N–H and O–H groups in total. The summed E-state index contributed by atoms with van der Waals surface area (Å²) in [7, 11) is 0. The molecule has 0 radical (unpaired) electrons. The van der Waals surface area contributed by atoms with Crippen LogP contribution in [0.15, 0.2) is 59.2 Å². The van der Waals surface area contributed by atoms with Crippen molar-refractivity contribution in [3.05, 3.63) is 75.5 Å². The average Bonchev–Trinajstić information content (AvgIpc) is 3.23. The predicted molar refractivity (Wildman–Crippen MR) is 116 cm³/mol. The summed E-state index contributed by atoms with van der Waals surface area (Å²) < 4.78 is 20.6. The third-order valence-corrected chi connectivity index (χ3v) is 6.83. The number of rotatable bonds is 5. The molecule has 2 heterocycles. The van der Waals surface area contributed by atoms with Gasteiger partial charge in [-0.2, -0.15) is 0 Å². The van der Waals surface area contributed by atoms with Crippen LogP contribution in [0.4, 0.5) is 4.39 Å². The van der Waals surface area contributed by atoms with E-state index in [0.717, 1.165) is 17.3 Å². The molecule has 0 unspecified atom stereocenters. The maximum atomic E-state index is 14.0. The number of hydrogen-bond acceptors (Lipinski definition) is 4. The van der Waals surface area contributed by atoms with Gasteiger partial charge in [0.1, 0.15) is 15.7 Å². The van der Waals surface area contributed by atoms with Crippen LogP contribution in [0.1, 0.15) is 28.1 Å². The Morgan fingerprint density at radius 1 is 1.21 bits per heavy atom. The molecule has 0 spiro atoms. The van der Waals surface area contributed by atoms with E-state index >= 15 is 0 Å². The molecule has 2 aromatic carbocycles. The van der Waals surface area contributed by atoms with Crippen LogP contribution >= 0.6 is 27.3 Å². The third-order valence-electron chi connectivity index (χ3n) is 5.31. The van der Waals surface area contributed by atoms with Crippen LogP contribution in [0.3, 0.4) is 0 Å². The second-order valence-electron chi connectivity index (χ2n) is 7.10. The zero-order valence-corrected chi connectivity index (χ0v) is 18.1. The minimum atomic E-state index is -0.343. The first-order valence-electron chi connectivity index (χ1n) is 9.40. The van der Waals surface area contributed by atoms with E-state index in [-0.39, 0.29) is 17.1 Å². The summed E-state index contributed by atoms with van der Waals surface area (Å²) in [5, 5.41) is 3.57. The molecule has 150 valence electrons. The number of thiazole rings is 1. The third kappa shape index (κ3) is 4.42. The molecule has 1 fully saturated rings. The molecule has 0 bridgehead atoms. The van der Waals surface area contributed by atoms with Gasteiger partial charge in [0.15, 0.2) is 0 Å². The fourth-order valence-corrected chi connectivity index (χ4v) is 4.88. The molecular formula is C22H20BrFN2O2S. The van der Waals surface area contributed by atoms with Crippen LogP contribution in [0.5, 0.6) is 0 Å². The van der Waals surface area contributed by atoms with E-state index in [4.69, 9.17) is 4.74 Å². The van der Waals surface area contributed by atoms with E-state index in [0.29, 0.717) is 35.2 Å². The van der Waals surface area contributed by atoms with E-state index in [2.05, 4.69) is 38.4 Å². The molecule has 1 aliphatic heterocycles. The second kappa shape index (κ2) is 8.73. The number of amides is 1. The minimum Gasteiger partial charge on any atom is -0.381 e. The lowest BCUT2D eigenvalue weighted by molar-refractivity contribution is 0.0487. The van der Waals surface area contributed by atoms with E-state index in [9.17, 15) is 9.18 Å². The molecule has 1 amide bonds. The Morgan fingerprint density at radius 2 is 2.00 bits per heavy atom. The van der Waals surface area contributed by atoms with Crippen LogP contribution < -0.4 is 5.32 Å². The highest BCUT2D eigenvalue weighted by molar-refractivity contribution is 9.10. The van der Waals surface area contributed by atoms with Crippen molar-refractivity contribution < 1.29 is 13.9 Å². The minimum absolute atomic E-state index is 0.170. The fourth-order valence-electron chi connectivity index (χ4n) is 3.62. The maximum Gasteiger partial charge on any atom is 0.263 e. The smallest absolute Gasteiger partial charge is 0.263 e. The number of halogens is 2. The molecule has 1 aromatic heterocycles. The first kappa shape index (κ1) is 20.2. The molecule has 0 aliphatic carbocycles. The van der Waals surface area contributed by atoms with Crippen molar-refractivity contribution in [3.8, 4) is 10.6 Å². The van der Waals surface area contributed by atoms with Gasteiger partial charge in [-0.05, 0) is 42.7 Å². The number of hydrogen-bond donors (Lipinski definition) is 1. The number of aromatic nitrogens is 1. The Labute approximate surface area is 181 Å². The van der Waals surface area contributed by atoms with Crippen LogP contribution in [-0.4, -0.2) is 30.6 Å². The molecule has 29 heavy (non-hydrogen) atoms. The largest absolute Gasteiger partial charge is 0.381 e. The van der Waals surface area contributed by atoms with Gasteiger partial charge in [-0.25, -0.2) is 9.37 Å². The van der Waals surface area contributed by atoms with Gasteiger partial charge in [0.2, 0.25) is 0 Å². The molecular weight excluding hydrogens is 455 g/mol. The Morgan fingerprint density at radius 3 is 2.76 bits per heavy atom. The lowest BCUT2D eigenvalue weighted by atomic mass is 9.74. The number of carbonyl (C=O) groups excluding carboxylic acids is 1. The molecule has 0 atom stereocenters. The normalized spacial score (nSPS) is 15.8. The standard InChI is InChI=1S/C22H20BrFN2O2S/c23-16-5-3-4-15(12-16)22(8-10-28-11-9-22)14-26-20(27)19-13-25-21(29-19)17-6-1-2-7-18(17)24/h1-7,12-13H,8-11,14H2,(H,26,27). The Balaban J connectivity index is 1.51. The second-order valence-corrected chi connectivity index (χ2v) is 9.04. The summed E-state index contributed by atoms with van der Waals surface area (Å²) in [6.07, 6.45) is 3.19. The first-order valence-corrected chi connectivity index (χ1v) is 11.0. The zero-order chi connectivity index (χ0) is 20.3. The number of nitrogens with one attached hydrogen (secondary N) is 1. The van der Waals surface area contributed by atoms with Crippen molar-refractivity contribution in [2.24, 2.45) is 0 Å². The van der Waals surface area contributed by atoms with E-state index < -0.39 is 0 Å². The average molecular weight is 475 g/mol. The monoisotopic (exact) mass is 474 g/mol. The van der Waals surface area contributed by atoms with Crippen LogP contribution in [0.2, 0.25) is 0 Å². The van der Waals surface area contributed by atoms with Crippen molar-refractivity contribution in [1.29, 1.82) is 0 Å². The Bertz CT molecular complexity index is 1020. The molecule has 3 aromatic rings. The van der Waals surface area contributed by atoms with Crippen molar-refractivity contribution >= 4 is 33.2 Å². The lowest BCUT2D eigenvalue weighted by Crippen LogP contribution is -2.44. The van der Waals surface area contributed by atoms with Gasteiger partial charge in [-0.1, -0.05) is 40.2 Å². The van der Waals surface area contributed by atoms with Crippen molar-refractivity contribution in [2.75, 3.05) is 19.8 Å².